The van der Waals surface area contributed by atoms with Crippen LogP contribution in [0, 0.1) is 0 Å². The van der Waals surface area contributed by atoms with E-state index in [2.05, 4.69) is 23.6 Å². The van der Waals surface area contributed by atoms with Crippen LogP contribution in [0.1, 0.15) is 10.4 Å². The molecule has 0 aliphatic carbocycles. The van der Waals surface area contributed by atoms with Crippen LogP contribution in [0.3, 0.4) is 0 Å². The fourth-order valence-corrected chi connectivity index (χ4v) is 0.856. The molecule has 0 aliphatic heterocycles. The summed E-state index contributed by atoms with van der Waals surface area (Å²) in [6.07, 6.45) is 1.65. The van der Waals surface area contributed by atoms with Gasteiger partial charge in [-0.3, -0.25) is 9.35 Å². The van der Waals surface area contributed by atoms with Crippen molar-refractivity contribution in [2.24, 2.45) is 0 Å². The summed E-state index contributed by atoms with van der Waals surface area (Å²) in [5.74, 6) is -0.0597. The molecule has 0 saturated heterocycles. The van der Waals surface area contributed by atoms with Crippen molar-refractivity contribution >= 4 is 26.7 Å². The van der Waals surface area contributed by atoms with E-state index in [1.807, 2.05) is 18.2 Å². The Morgan fingerprint density at radius 3 is 2.29 bits per heavy atom. The number of nitrogens with one attached hydrogen (secondary N) is 1. The molecular formula is C10H13NO4S2. The van der Waals surface area contributed by atoms with E-state index in [1.54, 1.807) is 18.2 Å². The summed E-state index contributed by atoms with van der Waals surface area (Å²) in [4.78, 5) is 11.2. The summed E-state index contributed by atoms with van der Waals surface area (Å²) < 4.78 is 25.5. The minimum absolute atomic E-state index is 0.0597. The normalized spacial score (nSPS) is 9.76. The Kier molecular flexibility index (Phi) is 7.27. The lowest BCUT2D eigenvalue weighted by molar-refractivity contribution is 0.0958. The fourth-order valence-electron chi connectivity index (χ4n) is 0.856. The maximum atomic E-state index is 11.2. The van der Waals surface area contributed by atoms with E-state index in [4.69, 9.17) is 13.0 Å². The molecule has 0 heterocycles. The predicted molar refractivity (Wildman–Crippen MR) is 69.5 cm³/mol. The molecule has 17 heavy (non-hydrogen) atoms. The van der Waals surface area contributed by atoms with Crippen LogP contribution in [0.25, 0.3) is 0 Å². The molecule has 0 unspecified atom stereocenters. The Morgan fingerprint density at radius 1 is 1.41 bits per heavy atom. The molecule has 7 heteroatoms. The van der Waals surface area contributed by atoms with Crippen molar-refractivity contribution in [1.82, 2.24) is 5.32 Å². The standard InChI is InChI=1S/C10H11NO.H2O3S2/c1-2-8-11-10(12)9-6-4-3-5-7-9;1-5(2,3)4/h2-7H,1,8H2,(H,11,12);(H2,1,2,3,4). The third kappa shape index (κ3) is 11.0. The smallest absolute Gasteiger partial charge is 0.316 e. The molecule has 5 nitrogen and oxygen atoms in total. The van der Waals surface area contributed by atoms with Crippen molar-refractivity contribution in [3.8, 4) is 0 Å². The van der Waals surface area contributed by atoms with E-state index in [0.717, 1.165) is 0 Å². The molecule has 94 valence electrons. The average Bonchev–Trinajstić information content (AvgIpc) is 2.25. The van der Waals surface area contributed by atoms with Gasteiger partial charge in [-0.1, -0.05) is 24.3 Å². The number of hydrogen-bond acceptors (Lipinski definition) is 3. The van der Waals surface area contributed by atoms with Crippen molar-refractivity contribution in [2.45, 2.75) is 0 Å². The lowest BCUT2D eigenvalue weighted by atomic mass is 10.2. The van der Waals surface area contributed by atoms with Gasteiger partial charge in [-0.25, -0.2) is 0 Å². The predicted octanol–water partition coefficient (Wildman–Crippen LogP) is 1.32. The largest absolute Gasteiger partial charge is 0.349 e. The molecule has 0 spiro atoms. The van der Waals surface area contributed by atoms with Crippen molar-refractivity contribution in [1.29, 1.82) is 0 Å². The van der Waals surface area contributed by atoms with Crippen LogP contribution in [-0.2, 0) is 9.15 Å². The fraction of sp³-hybridized carbons (Fsp3) is 0.100. The number of amides is 1. The Hall–Kier alpha value is -1.31. The van der Waals surface area contributed by atoms with Gasteiger partial charge in [0, 0.05) is 12.1 Å². The second-order valence-electron chi connectivity index (χ2n) is 2.81. The number of rotatable bonds is 3. The van der Waals surface area contributed by atoms with Crippen LogP contribution < -0.4 is 5.32 Å². The van der Waals surface area contributed by atoms with Crippen LogP contribution in [0.4, 0.5) is 0 Å². The average molecular weight is 275 g/mol. The van der Waals surface area contributed by atoms with E-state index in [1.165, 1.54) is 0 Å². The first-order valence-electron chi connectivity index (χ1n) is 4.48. The lowest BCUT2D eigenvalue weighted by Crippen LogP contribution is -2.22. The second-order valence-corrected chi connectivity index (χ2v) is 5.09. The van der Waals surface area contributed by atoms with E-state index in [0.29, 0.717) is 12.1 Å². The summed E-state index contributed by atoms with van der Waals surface area (Å²) in [5, 5.41) is 2.69. The van der Waals surface area contributed by atoms with E-state index < -0.39 is 9.15 Å². The zero-order chi connectivity index (χ0) is 13.3. The first kappa shape index (κ1) is 15.7. The van der Waals surface area contributed by atoms with Crippen LogP contribution in [0.15, 0.2) is 43.0 Å². The van der Waals surface area contributed by atoms with Gasteiger partial charge in [0.05, 0.1) is 0 Å². The number of carbonyl (C=O) groups excluding carboxylic acids is 1. The van der Waals surface area contributed by atoms with Gasteiger partial charge in [-0.15, -0.1) is 6.58 Å². The molecule has 1 aromatic rings. The maximum absolute atomic E-state index is 11.2. The van der Waals surface area contributed by atoms with Crippen molar-refractivity contribution in [3.63, 3.8) is 0 Å². The highest BCUT2D eigenvalue weighted by Crippen LogP contribution is 1.96. The molecule has 0 radical (unpaired) electrons. The van der Waals surface area contributed by atoms with Gasteiger partial charge < -0.3 is 5.32 Å². The Labute approximate surface area is 105 Å². The molecule has 0 aliphatic rings. The minimum Gasteiger partial charge on any atom is -0.349 e. The molecule has 0 bridgehead atoms. The number of hydrogen-bond donors (Lipinski definition) is 3. The van der Waals surface area contributed by atoms with Gasteiger partial charge in [0.2, 0.25) is 0 Å². The molecule has 0 aromatic heterocycles. The lowest BCUT2D eigenvalue weighted by Gasteiger charge is -2.00. The van der Waals surface area contributed by atoms with Gasteiger partial charge in [-0.05, 0) is 23.8 Å². The van der Waals surface area contributed by atoms with Crippen LogP contribution in [-0.4, -0.2) is 25.4 Å². The van der Waals surface area contributed by atoms with Gasteiger partial charge in [-0.2, -0.15) is 8.42 Å². The van der Waals surface area contributed by atoms with Gasteiger partial charge in [0.25, 0.3) is 5.91 Å². The Bertz CT molecular complexity index is 448. The quantitative estimate of drug-likeness (QED) is 0.336. The SMILES string of the molecule is C=CCNC(=O)c1ccccc1.O=S(=O)(O)S. The molecule has 0 saturated carbocycles. The Morgan fingerprint density at radius 2 is 1.88 bits per heavy atom. The summed E-state index contributed by atoms with van der Waals surface area (Å²) in [7, 11) is -3.97. The van der Waals surface area contributed by atoms with Gasteiger partial charge in [0.1, 0.15) is 0 Å². The van der Waals surface area contributed by atoms with Crippen molar-refractivity contribution < 1.29 is 17.8 Å². The number of thiol groups is 1. The van der Waals surface area contributed by atoms with Gasteiger partial charge in [0.15, 0.2) is 0 Å². The molecule has 0 atom stereocenters. The van der Waals surface area contributed by atoms with E-state index >= 15 is 0 Å². The summed E-state index contributed by atoms with van der Waals surface area (Å²) in [6, 6.07) is 9.10. The van der Waals surface area contributed by atoms with Crippen molar-refractivity contribution in [2.75, 3.05) is 6.54 Å². The van der Waals surface area contributed by atoms with Crippen LogP contribution in [0.2, 0.25) is 0 Å². The van der Waals surface area contributed by atoms with Gasteiger partial charge >= 0.3 is 9.15 Å². The molecule has 1 amide bonds. The first-order chi connectivity index (χ1) is 7.84. The third-order valence-corrected chi connectivity index (χ3v) is 1.44. The molecular weight excluding hydrogens is 262 g/mol. The molecule has 1 rings (SSSR count). The monoisotopic (exact) mass is 275 g/mol. The van der Waals surface area contributed by atoms with E-state index in [9.17, 15) is 4.79 Å². The van der Waals surface area contributed by atoms with Crippen LogP contribution in [0.5, 0.6) is 0 Å². The number of benzene rings is 1. The first-order valence-corrected chi connectivity index (χ1v) is 6.98. The molecule has 1 aromatic carbocycles. The number of carbonyl (C=O) groups is 1. The minimum atomic E-state index is -3.97. The Balaban J connectivity index is 0.000000437. The zero-order valence-electron chi connectivity index (χ0n) is 8.91. The maximum Gasteiger partial charge on any atom is 0.316 e. The summed E-state index contributed by atoms with van der Waals surface area (Å²) >= 11 is 2.65. The van der Waals surface area contributed by atoms with Crippen LogP contribution >= 0.6 is 11.7 Å². The zero-order valence-corrected chi connectivity index (χ0v) is 10.6. The summed E-state index contributed by atoms with van der Waals surface area (Å²) in [6.45, 7) is 4.02. The molecule has 2 N–H and O–H groups in total. The summed E-state index contributed by atoms with van der Waals surface area (Å²) in [5.41, 5.74) is 0.680. The second kappa shape index (κ2) is 7.88. The van der Waals surface area contributed by atoms with Crippen molar-refractivity contribution in [3.05, 3.63) is 48.6 Å². The highest BCUT2D eigenvalue weighted by atomic mass is 33.1. The molecule has 0 fully saturated rings. The highest BCUT2D eigenvalue weighted by molar-refractivity contribution is 8.61. The van der Waals surface area contributed by atoms with E-state index in [-0.39, 0.29) is 5.91 Å². The highest BCUT2D eigenvalue weighted by Gasteiger charge is 2.00. The third-order valence-electron chi connectivity index (χ3n) is 1.44. The topological polar surface area (TPSA) is 83.5 Å².